The van der Waals surface area contributed by atoms with E-state index in [9.17, 15) is 24.5 Å². The lowest BCUT2D eigenvalue weighted by Gasteiger charge is -2.27. The zero-order chi connectivity index (χ0) is 24.1. The fourth-order valence-corrected chi connectivity index (χ4v) is 4.59. The number of likely N-dealkylation sites (tertiary alicyclic amines) is 1. The van der Waals surface area contributed by atoms with E-state index < -0.39 is 16.1 Å². The van der Waals surface area contributed by atoms with Crippen LogP contribution >= 0.6 is 11.8 Å². The van der Waals surface area contributed by atoms with Gasteiger partial charge in [-0.3, -0.25) is 29.4 Å². The zero-order valence-corrected chi connectivity index (χ0v) is 19.2. The van der Waals surface area contributed by atoms with E-state index in [-0.39, 0.29) is 29.7 Å². The molecule has 2 aliphatic rings. The van der Waals surface area contributed by atoms with Crippen molar-refractivity contribution in [2.24, 2.45) is 0 Å². The topological polar surface area (TPSA) is 110 Å². The number of carbonyl (C=O) groups excluding carboxylic acids is 3. The van der Waals surface area contributed by atoms with Crippen LogP contribution in [0.4, 0.5) is 10.5 Å². The standard InChI is InChI=1S/C24H23N3O6S/c28-22(25-11-2-1-3-12-25)15-26-23(29)21(34-24(26)30)14-17-7-9-20(10-8-17)33-16-18-5-4-6-19(13-18)27(31)32/h4-10,13-14H,1-3,11-12,15-16H2/b21-14-. The number of hydrogen-bond donors (Lipinski definition) is 0. The van der Waals surface area contributed by atoms with E-state index in [4.69, 9.17) is 4.74 Å². The van der Waals surface area contributed by atoms with Gasteiger partial charge in [-0.1, -0.05) is 24.3 Å². The van der Waals surface area contributed by atoms with Crippen LogP contribution in [-0.4, -0.2) is 51.4 Å². The predicted molar refractivity (Wildman–Crippen MR) is 127 cm³/mol. The Hall–Kier alpha value is -3.66. The van der Waals surface area contributed by atoms with E-state index in [2.05, 4.69) is 0 Å². The van der Waals surface area contributed by atoms with E-state index in [1.165, 1.54) is 12.1 Å². The minimum atomic E-state index is -0.466. The fourth-order valence-electron chi connectivity index (χ4n) is 3.75. The highest BCUT2D eigenvalue weighted by molar-refractivity contribution is 8.18. The minimum Gasteiger partial charge on any atom is -0.489 e. The van der Waals surface area contributed by atoms with Crippen LogP contribution in [0.15, 0.2) is 53.4 Å². The van der Waals surface area contributed by atoms with Crippen LogP contribution in [0.3, 0.4) is 0 Å². The highest BCUT2D eigenvalue weighted by atomic mass is 32.2. The number of non-ortho nitro benzene ring substituents is 1. The first-order valence-corrected chi connectivity index (χ1v) is 11.7. The Morgan fingerprint density at radius 1 is 1.09 bits per heavy atom. The second kappa shape index (κ2) is 10.5. The smallest absolute Gasteiger partial charge is 0.294 e. The van der Waals surface area contributed by atoms with Gasteiger partial charge in [0.05, 0.1) is 9.83 Å². The van der Waals surface area contributed by atoms with Gasteiger partial charge in [-0.2, -0.15) is 0 Å². The number of hydrogen-bond acceptors (Lipinski definition) is 7. The number of imide groups is 1. The molecule has 0 aliphatic carbocycles. The summed E-state index contributed by atoms with van der Waals surface area (Å²) in [6, 6.07) is 13.1. The maximum absolute atomic E-state index is 12.7. The summed E-state index contributed by atoms with van der Waals surface area (Å²) in [6.45, 7) is 1.28. The second-order valence-corrected chi connectivity index (χ2v) is 8.99. The molecule has 0 unspecified atom stereocenters. The van der Waals surface area contributed by atoms with Crippen molar-refractivity contribution in [2.45, 2.75) is 25.9 Å². The summed E-state index contributed by atoms with van der Waals surface area (Å²) in [5.41, 5.74) is 1.38. The Kier molecular flexibility index (Phi) is 7.27. The molecular weight excluding hydrogens is 458 g/mol. The molecule has 2 aromatic rings. The largest absolute Gasteiger partial charge is 0.489 e. The summed E-state index contributed by atoms with van der Waals surface area (Å²) < 4.78 is 5.69. The van der Waals surface area contributed by atoms with Crippen molar-refractivity contribution in [3.63, 3.8) is 0 Å². The second-order valence-electron chi connectivity index (χ2n) is 7.99. The molecule has 2 heterocycles. The van der Waals surface area contributed by atoms with Gasteiger partial charge in [-0.15, -0.1) is 0 Å². The highest BCUT2D eigenvalue weighted by Gasteiger charge is 2.37. The van der Waals surface area contributed by atoms with Crippen molar-refractivity contribution in [3.8, 4) is 5.75 Å². The summed E-state index contributed by atoms with van der Waals surface area (Å²) in [6.07, 6.45) is 4.59. The SMILES string of the molecule is O=C(CN1C(=O)S/C(=C\c2ccc(OCc3cccc([N+](=O)[O-])c3)cc2)C1=O)N1CCCCC1. The summed E-state index contributed by atoms with van der Waals surface area (Å²) in [5, 5.41) is 10.4. The summed E-state index contributed by atoms with van der Waals surface area (Å²) in [4.78, 5) is 50.9. The van der Waals surface area contributed by atoms with Crippen LogP contribution in [0.2, 0.25) is 0 Å². The molecule has 9 nitrogen and oxygen atoms in total. The quantitative estimate of drug-likeness (QED) is 0.331. The molecule has 0 bridgehead atoms. The molecule has 2 saturated heterocycles. The summed E-state index contributed by atoms with van der Waals surface area (Å²) in [5.74, 6) is -0.108. The van der Waals surface area contributed by atoms with Crippen LogP contribution in [0.1, 0.15) is 30.4 Å². The summed E-state index contributed by atoms with van der Waals surface area (Å²) in [7, 11) is 0. The number of thioether (sulfide) groups is 1. The van der Waals surface area contributed by atoms with E-state index in [1.807, 2.05) is 0 Å². The Morgan fingerprint density at radius 2 is 1.82 bits per heavy atom. The van der Waals surface area contributed by atoms with Gasteiger partial charge < -0.3 is 9.64 Å². The zero-order valence-electron chi connectivity index (χ0n) is 18.3. The van der Waals surface area contributed by atoms with E-state index in [0.29, 0.717) is 30.0 Å². The van der Waals surface area contributed by atoms with Crippen molar-refractivity contribution >= 4 is 40.6 Å². The molecule has 0 atom stereocenters. The third-order valence-electron chi connectivity index (χ3n) is 5.58. The molecule has 2 fully saturated rings. The highest BCUT2D eigenvalue weighted by Crippen LogP contribution is 2.32. The molecule has 34 heavy (non-hydrogen) atoms. The van der Waals surface area contributed by atoms with Crippen molar-refractivity contribution in [3.05, 3.63) is 74.7 Å². The first kappa shape index (κ1) is 23.5. The summed E-state index contributed by atoms with van der Waals surface area (Å²) >= 11 is 0.822. The molecule has 176 valence electrons. The molecule has 0 aromatic heterocycles. The first-order valence-electron chi connectivity index (χ1n) is 10.9. The monoisotopic (exact) mass is 481 g/mol. The lowest BCUT2D eigenvalue weighted by Crippen LogP contribution is -2.44. The molecule has 0 radical (unpaired) electrons. The van der Waals surface area contributed by atoms with Gasteiger partial charge in [0.1, 0.15) is 18.9 Å². The molecule has 3 amide bonds. The lowest BCUT2D eigenvalue weighted by atomic mass is 10.1. The van der Waals surface area contributed by atoms with Crippen molar-refractivity contribution in [2.75, 3.05) is 19.6 Å². The van der Waals surface area contributed by atoms with Crippen LogP contribution in [0.25, 0.3) is 6.08 Å². The van der Waals surface area contributed by atoms with Gasteiger partial charge in [0.25, 0.3) is 16.8 Å². The number of benzene rings is 2. The van der Waals surface area contributed by atoms with Gasteiger partial charge in [-0.05, 0) is 60.4 Å². The number of nitrogens with zero attached hydrogens (tertiary/aromatic N) is 3. The maximum Gasteiger partial charge on any atom is 0.294 e. The van der Waals surface area contributed by atoms with Crippen LogP contribution < -0.4 is 4.74 Å². The van der Waals surface area contributed by atoms with E-state index in [1.54, 1.807) is 47.4 Å². The molecular formula is C24H23N3O6S. The number of nitro benzene ring substituents is 1. The fraction of sp³-hybridized carbons (Fsp3) is 0.292. The maximum atomic E-state index is 12.7. The van der Waals surface area contributed by atoms with Gasteiger partial charge in [0.2, 0.25) is 5.91 Å². The Balaban J connectivity index is 1.36. The first-order chi connectivity index (χ1) is 16.4. The Labute approximate surface area is 200 Å². The molecule has 0 spiro atoms. The van der Waals surface area contributed by atoms with E-state index >= 15 is 0 Å². The minimum absolute atomic E-state index is 0.00280. The average molecular weight is 482 g/mol. The van der Waals surface area contributed by atoms with Crippen LogP contribution in [0, 0.1) is 10.1 Å². The number of carbonyl (C=O) groups is 3. The number of piperidine rings is 1. The lowest BCUT2D eigenvalue weighted by molar-refractivity contribution is -0.384. The number of ether oxygens (including phenoxy) is 1. The van der Waals surface area contributed by atoms with Crippen LogP contribution in [-0.2, 0) is 16.2 Å². The normalized spacial score (nSPS) is 17.4. The van der Waals surface area contributed by atoms with Gasteiger partial charge in [-0.25, -0.2) is 0 Å². The Bertz CT molecular complexity index is 1140. The predicted octanol–water partition coefficient (Wildman–Crippen LogP) is 4.22. The van der Waals surface area contributed by atoms with Gasteiger partial charge in [0, 0.05) is 25.2 Å². The van der Waals surface area contributed by atoms with Crippen LogP contribution in [0.5, 0.6) is 5.75 Å². The molecule has 10 heteroatoms. The third-order valence-corrected chi connectivity index (χ3v) is 6.49. The Morgan fingerprint density at radius 3 is 2.53 bits per heavy atom. The van der Waals surface area contributed by atoms with Crippen molar-refractivity contribution in [1.82, 2.24) is 9.80 Å². The van der Waals surface area contributed by atoms with Gasteiger partial charge in [0.15, 0.2) is 0 Å². The van der Waals surface area contributed by atoms with E-state index in [0.717, 1.165) is 35.9 Å². The number of amides is 3. The number of nitro groups is 1. The molecule has 2 aliphatic heterocycles. The van der Waals surface area contributed by atoms with Crippen molar-refractivity contribution < 1.29 is 24.0 Å². The molecule has 4 rings (SSSR count). The molecule has 0 N–H and O–H groups in total. The van der Waals surface area contributed by atoms with Crippen molar-refractivity contribution in [1.29, 1.82) is 0 Å². The average Bonchev–Trinajstić information content (AvgIpc) is 3.11. The molecule has 2 aromatic carbocycles. The van der Waals surface area contributed by atoms with Gasteiger partial charge >= 0.3 is 0 Å². The third kappa shape index (κ3) is 5.63. The number of rotatable bonds is 7. The molecule has 0 saturated carbocycles.